The molecule has 0 spiro atoms. The maximum Gasteiger partial charge on any atom is 0.137 e. The first-order valence-electron chi connectivity index (χ1n) is 9.28. The number of H-pyrrole nitrogens is 1. The summed E-state index contributed by atoms with van der Waals surface area (Å²) in [6.45, 7) is 2.14. The zero-order valence-electron chi connectivity index (χ0n) is 15.4. The molecule has 2 aromatic carbocycles. The van der Waals surface area contributed by atoms with E-state index in [4.69, 9.17) is 0 Å². The lowest BCUT2D eigenvalue weighted by Gasteiger charge is -2.16. The molecule has 5 aromatic rings. The molecule has 136 valence electrons. The molecule has 0 saturated carbocycles. The van der Waals surface area contributed by atoms with Gasteiger partial charge in [0.05, 0.1) is 5.52 Å². The van der Waals surface area contributed by atoms with Crippen molar-refractivity contribution in [2.75, 3.05) is 5.32 Å². The maximum absolute atomic E-state index is 4.51. The summed E-state index contributed by atoms with van der Waals surface area (Å²) in [6, 6.07) is 20.8. The molecule has 0 unspecified atom stereocenters. The smallest absolute Gasteiger partial charge is 0.137 e. The van der Waals surface area contributed by atoms with Crippen molar-refractivity contribution in [2.45, 2.75) is 13.0 Å². The topological polar surface area (TPSA) is 66.5 Å². The molecule has 0 saturated heterocycles. The van der Waals surface area contributed by atoms with Crippen LogP contribution in [0.5, 0.6) is 0 Å². The number of nitrogens with one attached hydrogen (secondary N) is 2. The van der Waals surface area contributed by atoms with Crippen LogP contribution in [0.25, 0.3) is 33.1 Å². The zero-order valence-corrected chi connectivity index (χ0v) is 15.4. The minimum Gasteiger partial charge on any atom is -0.363 e. The summed E-state index contributed by atoms with van der Waals surface area (Å²) in [7, 11) is 0. The zero-order chi connectivity index (χ0) is 18.9. The fourth-order valence-electron chi connectivity index (χ4n) is 3.56. The van der Waals surface area contributed by atoms with Gasteiger partial charge in [0.2, 0.25) is 0 Å². The molecule has 0 radical (unpaired) electrons. The quantitative estimate of drug-likeness (QED) is 0.451. The van der Waals surface area contributed by atoms with Crippen LogP contribution in [-0.2, 0) is 0 Å². The van der Waals surface area contributed by atoms with Crippen molar-refractivity contribution in [1.29, 1.82) is 0 Å². The van der Waals surface area contributed by atoms with E-state index in [1.165, 1.54) is 5.56 Å². The highest BCUT2D eigenvalue weighted by Crippen LogP contribution is 2.32. The second-order valence-corrected chi connectivity index (χ2v) is 6.83. The van der Waals surface area contributed by atoms with Crippen molar-refractivity contribution in [1.82, 2.24) is 19.9 Å². The number of anilines is 1. The lowest BCUT2D eigenvalue weighted by molar-refractivity contribution is 0.876. The standard InChI is InChI=1S/C23H19N5/c1-15(16-6-3-2-4-7-16)28-23-19-12-17(9-10-21(19)26-14-27-23)20-13-25-22-18(20)8-5-11-24-22/h2-15H,1H3,(H,24,25)(H,26,27,28)/t15-/m1/s1. The molecule has 0 bridgehead atoms. The number of hydrogen-bond acceptors (Lipinski definition) is 4. The van der Waals surface area contributed by atoms with Gasteiger partial charge in [0.25, 0.3) is 0 Å². The largest absolute Gasteiger partial charge is 0.363 e. The fourth-order valence-corrected chi connectivity index (χ4v) is 3.56. The molecule has 0 fully saturated rings. The van der Waals surface area contributed by atoms with E-state index in [0.717, 1.165) is 38.9 Å². The van der Waals surface area contributed by atoms with Gasteiger partial charge in [-0.2, -0.15) is 0 Å². The molecule has 3 aromatic heterocycles. The van der Waals surface area contributed by atoms with Gasteiger partial charge < -0.3 is 10.3 Å². The number of pyridine rings is 1. The van der Waals surface area contributed by atoms with Crippen molar-refractivity contribution >= 4 is 27.8 Å². The Labute approximate surface area is 162 Å². The van der Waals surface area contributed by atoms with E-state index in [1.54, 1.807) is 12.5 Å². The molecule has 0 aliphatic rings. The predicted molar refractivity (Wildman–Crippen MR) is 113 cm³/mol. The van der Waals surface area contributed by atoms with Gasteiger partial charge >= 0.3 is 0 Å². The van der Waals surface area contributed by atoms with E-state index in [2.05, 4.69) is 74.6 Å². The van der Waals surface area contributed by atoms with Crippen LogP contribution in [0.1, 0.15) is 18.5 Å². The Morgan fingerprint density at radius 2 is 1.79 bits per heavy atom. The number of benzene rings is 2. The molecule has 0 amide bonds. The van der Waals surface area contributed by atoms with Crippen LogP contribution in [-0.4, -0.2) is 19.9 Å². The molecule has 5 rings (SSSR count). The van der Waals surface area contributed by atoms with Crippen molar-refractivity contribution in [3.63, 3.8) is 0 Å². The number of nitrogens with zero attached hydrogens (tertiary/aromatic N) is 3. The number of aromatic nitrogens is 4. The number of aromatic amines is 1. The maximum atomic E-state index is 4.51. The van der Waals surface area contributed by atoms with Gasteiger partial charge in [0.15, 0.2) is 0 Å². The van der Waals surface area contributed by atoms with Crippen LogP contribution in [0.3, 0.4) is 0 Å². The van der Waals surface area contributed by atoms with Crippen molar-refractivity contribution in [3.05, 3.63) is 84.9 Å². The normalized spacial score (nSPS) is 12.3. The molecule has 2 N–H and O–H groups in total. The molecule has 1 atom stereocenters. The van der Waals surface area contributed by atoms with Crippen LogP contribution in [0.15, 0.2) is 79.4 Å². The van der Waals surface area contributed by atoms with E-state index in [-0.39, 0.29) is 6.04 Å². The first-order chi connectivity index (χ1) is 13.8. The van der Waals surface area contributed by atoms with E-state index >= 15 is 0 Å². The Morgan fingerprint density at radius 1 is 0.893 bits per heavy atom. The lowest BCUT2D eigenvalue weighted by Crippen LogP contribution is -2.08. The fraction of sp³-hybridized carbons (Fsp3) is 0.0870. The third-order valence-electron chi connectivity index (χ3n) is 5.05. The van der Waals surface area contributed by atoms with Crippen LogP contribution in [0, 0.1) is 0 Å². The van der Waals surface area contributed by atoms with Gasteiger partial charge in [0.1, 0.15) is 17.8 Å². The van der Waals surface area contributed by atoms with Gasteiger partial charge in [-0.05, 0) is 42.3 Å². The SMILES string of the molecule is C[C@@H](Nc1ncnc2ccc(-c3c[nH]c4ncccc34)cc12)c1ccccc1. The summed E-state index contributed by atoms with van der Waals surface area (Å²) < 4.78 is 0. The molecule has 3 heterocycles. The second kappa shape index (κ2) is 6.78. The summed E-state index contributed by atoms with van der Waals surface area (Å²) in [5.74, 6) is 0.834. The number of fused-ring (bicyclic) bond motifs is 2. The molecular weight excluding hydrogens is 346 g/mol. The summed E-state index contributed by atoms with van der Waals surface area (Å²) in [5, 5.41) is 5.64. The third kappa shape index (κ3) is 2.87. The highest BCUT2D eigenvalue weighted by molar-refractivity contribution is 5.98. The third-order valence-corrected chi connectivity index (χ3v) is 5.05. The van der Waals surface area contributed by atoms with Crippen molar-refractivity contribution in [2.24, 2.45) is 0 Å². The Kier molecular flexibility index (Phi) is 3.98. The molecular formula is C23H19N5. The molecule has 5 nitrogen and oxygen atoms in total. The first-order valence-corrected chi connectivity index (χ1v) is 9.28. The Bertz CT molecular complexity index is 1260. The summed E-state index contributed by atoms with van der Waals surface area (Å²) in [5.41, 5.74) is 5.25. The van der Waals surface area contributed by atoms with Gasteiger partial charge in [0, 0.05) is 34.8 Å². The number of rotatable bonds is 4. The number of hydrogen-bond donors (Lipinski definition) is 2. The van der Waals surface area contributed by atoms with Crippen LogP contribution >= 0.6 is 0 Å². The molecule has 0 aliphatic carbocycles. The average molecular weight is 365 g/mol. The van der Waals surface area contributed by atoms with Crippen molar-refractivity contribution < 1.29 is 0 Å². The van der Waals surface area contributed by atoms with Gasteiger partial charge in [-0.25, -0.2) is 15.0 Å². The Balaban J connectivity index is 1.58. The molecule has 0 aliphatic heterocycles. The predicted octanol–water partition coefficient (Wildman–Crippen LogP) is 5.35. The Hall–Kier alpha value is -3.73. The summed E-state index contributed by atoms with van der Waals surface area (Å²) >= 11 is 0. The minimum atomic E-state index is 0.139. The highest BCUT2D eigenvalue weighted by atomic mass is 15.0. The van der Waals surface area contributed by atoms with Crippen LogP contribution < -0.4 is 5.32 Å². The van der Waals surface area contributed by atoms with Gasteiger partial charge in [-0.15, -0.1) is 0 Å². The molecule has 5 heteroatoms. The van der Waals surface area contributed by atoms with Gasteiger partial charge in [-0.3, -0.25) is 0 Å². The van der Waals surface area contributed by atoms with E-state index in [0.29, 0.717) is 0 Å². The summed E-state index contributed by atoms with van der Waals surface area (Å²) in [6.07, 6.45) is 5.41. The monoisotopic (exact) mass is 365 g/mol. The minimum absolute atomic E-state index is 0.139. The van der Waals surface area contributed by atoms with E-state index in [1.807, 2.05) is 24.4 Å². The highest BCUT2D eigenvalue weighted by Gasteiger charge is 2.12. The van der Waals surface area contributed by atoms with E-state index in [9.17, 15) is 0 Å². The van der Waals surface area contributed by atoms with Gasteiger partial charge in [-0.1, -0.05) is 36.4 Å². The second-order valence-electron chi connectivity index (χ2n) is 6.83. The lowest BCUT2D eigenvalue weighted by atomic mass is 10.0. The van der Waals surface area contributed by atoms with Crippen LogP contribution in [0.2, 0.25) is 0 Å². The Morgan fingerprint density at radius 3 is 2.68 bits per heavy atom. The molecule has 28 heavy (non-hydrogen) atoms. The van der Waals surface area contributed by atoms with E-state index < -0.39 is 0 Å². The average Bonchev–Trinajstić information content (AvgIpc) is 3.18. The summed E-state index contributed by atoms with van der Waals surface area (Å²) in [4.78, 5) is 16.6. The van der Waals surface area contributed by atoms with Crippen molar-refractivity contribution in [3.8, 4) is 11.1 Å². The van der Waals surface area contributed by atoms with Crippen LogP contribution in [0.4, 0.5) is 5.82 Å². The first kappa shape index (κ1) is 16.4.